The average Bonchev–Trinajstić information content (AvgIpc) is 3.14. The lowest BCUT2D eigenvalue weighted by molar-refractivity contribution is 0.0528. The van der Waals surface area contributed by atoms with E-state index in [0.29, 0.717) is 22.7 Å². The molecule has 0 N–H and O–H groups in total. The SMILES string of the molecule is CCOC(=O)c1c(Cc2ccnc3ccccc23)sc2c1c(=O)n(C)c(=O)n2CC(C)(C)C. The van der Waals surface area contributed by atoms with Crippen LogP contribution in [0.5, 0.6) is 0 Å². The molecule has 8 heteroatoms. The normalized spacial score (nSPS) is 11.9. The number of hydrogen-bond acceptors (Lipinski definition) is 6. The first-order valence-corrected chi connectivity index (χ1v) is 11.7. The highest BCUT2D eigenvalue weighted by atomic mass is 32.1. The number of fused-ring (bicyclic) bond motifs is 2. The molecule has 3 aromatic heterocycles. The number of ether oxygens (including phenoxy) is 1. The Kier molecular flexibility index (Phi) is 5.97. The molecule has 4 aromatic rings. The second-order valence-corrected chi connectivity index (χ2v) is 10.3. The molecular formula is C25H27N3O4S. The molecule has 4 rings (SSSR count). The van der Waals surface area contributed by atoms with Crippen molar-refractivity contribution in [1.29, 1.82) is 0 Å². The van der Waals surface area contributed by atoms with Crippen molar-refractivity contribution in [2.24, 2.45) is 12.5 Å². The van der Waals surface area contributed by atoms with Crippen molar-refractivity contribution < 1.29 is 9.53 Å². The second kappa shape index (κ2) is 8.59. The number of pyridine rings is 1. The van der Waals surface area contributed by atoms with Crippen molar-refractivity contribution in [2.75, 3.05) is 6.61 Å². The molecule has 0 saturated carbocycles. The third-order valence-electron chi connectivity index (χ3n) is 5.45. The number of hydrogen-bond donors (Lipinski definition) is 0. The highest BCUT2D eigenvalue weighted by Gasteiger charge is 2.28. The Bertz CT molecular complexity index is 1480. The van der Waals surface area contributed by atoms with Crippen LogP contribution < -0.4 is 11.2 Å². The maximum Gasteiger partial charge on any atom is 0.340 e. The number of nitrogens with zero attached hydrogens (tertiary/aromatic N) is 3. The molecule has 0 aliphatic carbocycles. The van der Waals surface area contributed by atoms with Gasteiger partial charge in [0.2, 0.25) is 0 Å². The monoisotopic (exact) mass is 465 g/mol. The van der Waals surface area contributed by atoms with Crippen molar-refractivity contribution in [3.63, 3.8) is 0 Å². The van der Waals surface area contributed by atoms with Gasteiger partial charge in [-0.05, 0) is 30.0 Å². The molecule has 0 aliphatic heterocycles. The summed E-state index contributed by atoms with van der Waals surface area (Å²) in [5.41, 5.74) is 1.02. The van der Waals surface area contributed by atoms with Crippen LogP contribution in [0.3, 0.4) is 0 Å². The zero-order chi connectivity index (χ0) is 23.9. The van der Waals surface area contributed by atoms with Crippen LogP contribution >= 0.6 is 11.3 Å². The summed E-state index contributed by atoms with van der Waals surface area (Å²) in [6, 6.07) is 9.72. The summed E-state index contributed by atoms with van der Waals surface area (Å²) in [7, 11) is 1.45. The van der Waals surface area contributed by atoms with Gasteiger partial charge in [0.1, 0.15) is 4.83 Å². The van der Waals surface area contributed by atoms with E-state index in [2.05, 4.69) is 4.98 Å². The lowest BCUT2D eigenvalue weighted by Crippen LogP contribution is -2.40. The zero-order valence-electron chi connectivity index (χ0n) is 19.5. The van der Waals surface area contributed by atoms with E-state index < -0.39 is 11.5 Å². The van der Waals surface area contributed by atoms with Crippen LogP contribution in [0.1, 0.15) is 48.5 Å². The fourth-order valence-electron chi connectivity index (χ4n) is 4.02. The van der Waals surface area contributed by atoms with E-state index in [1.54, 1.807) is 17.7 Å². The van der Waals surface area contributed by atoms with Gasteiger partial charge in [0, 0.05) is 36.5 Å². The maximum atomic E-state index is 13.2. The van der Waals surface area contributed by atoms with Crippen molar-refractivity contribution in [1.82, 2.24) is 14.1 Å². The Morgan fingerprint density at radius 3 is 2.58 bits per heavy atom. The fraction of sp³-hybridized carbons (Fsp3) is 0.360. The highest BCUT2D eigenvalue weighted by Crippen LogP contribution is 2.33. The molecule has 0 fully saturated rings. The lowest BCUT2D eigenvalue weighted by Gasteiger charge is -2.20. The van der Waals surface area contributed by atoms with Gasteiger partial charge >= 0.3 is 11.7 Å². The standard InChI is InChI=1S/C25H27N3O4S/c1-6-32-23(30)19-18(13-15-11-12-26-17-10-8-7-9-16(15)17)33-22-20(19)21(29)27(5)24(31)28(22)14-25(2,3)4/h7-12H,6,13-14H2,1-5H3. The van der Waals surface area contributed by atoms with E-state index in [4.69, 9.17) is 4.74 Å². The average molecular weight is 466 g/mol. The molecule has 3 heterocycles. The van der Waals surface area contributed by atoms with E-state index in [1.165, 1.54) is 18.4 Å². The summed E-state index contributed by atoms with van der Waals surface area (Å²) < 4.78 is 8.03. The molecular weight excluding hydrogens is 438 g/mol. The summed E-state index contributed by atoms with van der Waals surface area (Å²) in [5.74, 6) is -0.546. The molecule has 0 bridgehead atoms. The largest absolute Gasteiger partial charge is 0.462 e. The van der Waals surface area contributed by atoms with Crippen molar-refractivity contribution in [3.05, 3.63) is 73.4 Å². The molecule has 0 saturated heterocycles. The van der Waals surface area contributed by atoms with Gasteiger partial charge in [-0.3, -0.25) is 18.9 Å². The van der Waals surface area contributed by atoms with E-state index in [9.17, 15) is 14.4 Å². The van der Waals surface area contributed by atoms with Crippen LogP contribution in [-0.2, 0) is 24.8 Å². The highest BCUT2D eigenvalue weighted by molar-refractivity contribution is 7.19. The molecule has 0 amide bonds. The predicted octanol–water partition coefficient (Wildman–Crippen LogP) is 4.12. The Balaban J connectivity index is 2.03. The van der Waals surface area contributed by atoms with E-state index >= 15 is 0 Å². The number of para-hydroxylation sites is 1. The Morgan fingerprint density at radius 2 is 1.88 bits per heavy atom. The fourth-order valence-corrected chi connectivity index (χ4v) is 5.31. The number of thiophene rings is 1. The smallest absolute Gasteiger partial charge is 0.340 e. The molecule has 0 atom stereocenters. The van der Waals surface area contributed by atoms with Crippen molar-refractivity contribution >= 4 is 38.4 Å². The van der Waals surface area contributed by atoms with Crippen LogP contribution in [0.4, 0.5) is 0 Å². The van der Waals surface area contributed by atoms with E-state index in [-0.39, 0.29) is 28.7 Å². The molecule has 0 unspecified atom stereocenters. The van der Waals surface area contributed by atoms with Crippen LogP contribution in [0.15, 0.2) is 46.1 Å². The Morgan fingerprint density at radius 1 is 1.15 bits per heavy atom. The molecule has 172 valence electrons. The van der Waals surface area contributed by atoms with Gasteiger partial charge in [0.15, 0.2) is 0 Å². The number of rotatable bonds is 5. The summed E-state index contributed by atoms with van der Waals surface area (Å²) in [4.78, 5) is 45.0. The summed E-state index contributed by atoms with van der Waals surface area (Å²) >= 11 is 1.31. The third kappa shape index (κ3) is 4.23. The molecule has 1 aromatic carbocycles. The van der Waals surface area contributed by atoms with Crippen LogP contribution in [0.2, 0.25) is 0 Å². The zero-order valence-corrected chi connectivity index (χ0v) is 20.3. The summed E-state index contributed by atoms with van der Waals surface area (Å²) in [6.45, 7) is 8.42. The number of esters is 1. The predicted molar refractivity (Wildman–Crippen MR) is 131 cm³/mol. The molecule has 33 heavy (non-hydrogen) atoms. The third-order valence-corrected chi connectivity index (χ3v) is 6.66. The summed E-state index contributed by atoms with van der Waals surface area (Å²) in [5, 5.41) is 1.23. The number of carbonyl (C=O) groups excluding carboxylic acids is 1. The van der Waals surface area contributed by atoms with Gasteiger partial charge in [-0.2, -0.15) is 0 Å². The minimum atomic E-state index is -0.546. The number of aromatic nitrogens is 3. The minimum Gasteiger partial charge on any atom is -0.462 e. The topological polar surface area (TPSA) is 83.2 Å². The van der Waals surface area contributed by atoms with Crippen LogP contribution in [-0.4, -0.2) is 26.7 Å². The summed E-state index contributed by atoms with van der Waals surface area (Å²) in [6.07, 6.45) is 2.16. The first kappa shape index (κ1) is 22.9. The Labute approximate surface area is 195 Å². The molecule has 7 nitrogen and oxygen atoms in total. The number of carbonyl (C=O) groups is 1. The maximum absolute atomic E-state index is 13.2. The molecule has 0 aliphatic rings. The lowest BCUT2D eigenvalue weighted by atomic mass is 9.97. The molecule has 0 spiro atoms. The van der Waals surface area contributed by atoms with Gasteiger partial charge in [-0.1, -0.05) is 39.0 Å². The molecule has 0 radical (unpaired) electrons. The van der Waals surface area contributed by atoms with Gasteiger partial charge in [-0.15, -0.1) is 11.3 Å². The van der Waals surface area contributed by atoms with Crippen molar-refractivity contribution in [3.8, 4) is 0 Å². The second-order valence-electron chi connectivity index (χ2n) is 9.26. The Hall–Kier alpha value is -3.26. The van der Waals surface area contributed by atoms with Crippen LogP contribution in [0.25, 0.3) is 21.1 Å². The first-order chi connectivity index (χ1) is 15.6. The van der Waals surface area contributed by atoms with Gasteiger partial charge in [0.25, 0.3) is 5.56 Å². The first-order valence-electron chi connectivity index (χ1n) is 10.9. The van der Waals surface area contributed by atoms with Crippen LogP contribution in [0, 0.1) is 5.41 Å². The van der Waals surface area contributed by atoms with Gasteiger partial charge in [-0.25, -0.2) is 9.59 Å². The van der Waals surface area contributed by atoms with Crippen molar-refractivity contribution in [2.45, 2.75) is 40.7 Å². The number of benzene rings is 1. The van der Waals surface area contributed by atoms with Gasteiger partial charge < -0.3 is 4.74 Å². The van der Waals surface area contributed by atoms with Gasteiger partial charge in [0.05, 0.1) is 23.1 Å². The van der Waals surface area contributed by atoms with E-state index in [0.717, 1.165) is 21.0 Å². The van der Waals surface area contributed by atoms with E-state index in [1.807, 2.05) is 51.1 Å². The minimum absolute atomic E-state index is 0.190. The quantitative estimate of drug-likeness (QED) is 0.414.